The first-order valence-electron chi connectivity index (χ1n) is 20.9. The number of benzene rings is 8. The van der Waals surface area contributed by atoms with E-state index < -0.39 is 53.3 Å². The Morgan fingerprint density at radius 2 is 1.10 bits per heavy atom. The molecule has 8 aromatic rings. The van der Waals surface area contributed by atoms with Gasteiger partial charge in [0.1, 0.15) is 28.6 Å². The molecule has 0 aliphatic rings. The number of nitrogens with one attached hydrogen (secondary N) is 1. The van der Waals surface area contributed by atoms with Gasteiger partial charge in [0.2, 0.25) is 0 Å². The molecule has 0 saturated carbocycles. The van der Waals surface area contributed by atoms with Crippen molar-refractivity contribution < 1.29 is 55.5 Å². The maximum Gasteiger partial charge on any atom is 2.00 e. The van der Waals surface area contributed by atoms with Crippen LogP contribution < -0.4 is 25.0 Å². The van der Waals surface area contributed by atoms with Crippen LogP contribution in [0, 0.1) is 13.8 Å². The zero-order chi connectivity index (χ0) is 52.1. The fourth-order valence-electron chi connectivity index (χ4n) is 7.00. The number of hydrogen-bond donors (Lipinski definition) is 4. The largest absolute Gasteiger partial charge is 2.00 e. The van der Waals surface area contributed by atoms with Crippen LogP contribution in [-0.2, 0) is 20.2 Å². The SMILES string of the molecule is COc1cccc(N=C([O-])c2cc3ccccc3c(N=Nc3cc(S(=O)(=O)O)cc(C)c3Cl)c2[O-])c1.COc1cccc(NC(=O)c2cc3ccccc3c(N=Nc3cc(S(=O)(=O)O)cc(C)c3Cl)c2O)c1.[Ca+2]. The summed E-state index contributed by atoms with van der Waals surface area (Å²) in [6, 6.07) is 34.4. The van der Waals surface area contributed by atoms with Gasteiger partial charge in [-0.15, -0.1) is 15.3 Å². The number of anilines is 1. The molecule has 0 heterocycles. The molecule has 0 unspecified atom stereocenters. The van der Waals surface area contributed by atoms with E-state index in [0.717, 1.165) is 12.1 Å². The van der Waals surface area contributed by atoms with Gasteiger partial charge in [0, 0.05) is 28.6 Å². The summed E-state index contributed by atoms with van der Waals surface area (Å²) in [6.45, 7) is 3.08. The summed E-state index contributed by atoms with van der Waals surface area (Å²) in [6.07, 6.45) is 0. The molecule has 23 heteroatoms. The summed E-state index contributed by atoms with van der Waals surface area (Å²) >= 11 is 12.5. The minimum Gasteiger partial charge on any atom is -0.871 e. The number of aryl methyl sites for hydroxylation is 2. The zero-order valence-corrected chi connectivity index (χ0v) is 44.1. The first-order chi connectivity index (χ1) is 34.2. The van der Waals surface area contributed by atoms with Gasteiger partial charge in [-0.2, -0.15) is 21.9 Å². The summed E-state index contributed by atoms with van der Waals surface area (Å²) in [7, 11) is -6.06. The van der Waals surface area contributed by atoms with Crippen molar-refractivity contribution in [1.82, 2.24) is 0 Å². The third-order valence-corrected chi connectivity index (χ3v) is 13.2. The number of phenols is 1. The average molecular weight is 1090 g/mol. The van der Waals surface area contributed by atoms with Crippen molar-refractivity contribution in [1.29, 1.82) is 0 Å². The van der Waals surface area contributed by atoms with Gasteiger partial charge >= 0.3 is 37.7 Å². The van der Waals surface area contributed by atoms with E-state index in [1.165, 1.54) is 45.4 Å². The van der Waals surface area contributed by atoms with E-state index in [2.05, 4.69) is 30.8 Å². The first-order valence-corrected chi connectivity index (χ1v) is 24.5. The summed E-state index contributed by atoms with van der Waals surface area (Å²) < 4.78 is 75.5. The Hall–Kier alpha value is -6.72. The number of hydrogen-bond acceptors (Lipinski definition) is 15. The molecule has 0 fully saturated rings. The second-order valence-electron chi connectivity index (χ2n) is 15.5. The maximum atomic E-state index is 13.3. The third kappa shape index (κ3) is 13.1. The molecule has 8 aromatic carbocycles. The van der Waals surface area contributed by atoms with Crippen LogP contribution in [0.2, 0.25) is 10.0 Å². The number of aliphatic imine (C=N–C) groups is 1. The van der Waals surface area contributed by atoms with Crippen molar-refractivity contribution in [2.75, 3.05) is 19.5 Å². The smallest absolute Gasteiger partial charge is 0.871 e. The Balaban J connectivity index is 0.000000235. The molecule has 73 heavy (non-hydrogen) atoms. The first kappa shape index (κ1) is 55.6. The number of aromatic hydroxyl groups is 1. The van der Waals surface area contributed by atoms with Crippen molar-refractivity contribution in [2.24, 2.45) is 25.4 Å². The van der Waals surface area contributed by atoms with Crippen LogP contribution in [-0.4, -0.2) is 94.8 Å². The zero-order valence-electron chi connectivity index (χ0n) is 38.7. The minimum atomic E-state index is -4.53. The molecule has 0 atom stereocenters. The molecule has 1 amide bonds. The van der Waals surface area contributed by atoms with Gasteiger partial charge in [0.25, 0.3) is 26.1 Å². The molecule has 0 radical (unpaired) electrons. The summed E-state index contributed by atoms with van der Waals surface area (Å²) in [5.41, 5.74) is 0.871. The Kier molecular flexibility index (Phi) is 17.8. The second kappa shape index (κ2) is 23.4. The van der Waals surface area contributed by atoms with E-state index in [-0.39, 0.29) is 81.7 Å². The van der Waals surface area contributed by atoms with Gasteiger partial charge in [0.05, 0.1) is 51.0 Å². The van der Waals surface area contributed by atoms with E-state index in [1.54, 1.807) is 104 Å². The number of phenolic OH excluding ortho intramolecular Hbond substituents is 1. The van der Waals surface area contributed by atoms with E-state index in [1.807, 2.05) is 0 Å². The molecule has 18 nitrogen and oxygen atoms in total. The van der Waals surface area contributed by atoms with Crippen LogP contribution in [0.1, 0.15) is 27.0 Å². The number of nitrogens with zero attached hydrogens (tertiary/aromatic N) is 5. The van der Waals surface area contributed by atoms with Crippen molar-refractivity contribution >= 4 is 149 Å². The molecular formula is C50H38CaCl2N6O12S2. The average Bonchev–Trinajstić information content (AvgIpc) is 3.34. The van der Waals surface area contributed by atoms with E-state index in [9.17, 15) is 46.1 Å². The minimum absolute atomic E-state index is 0. The fraction of sp³-hybridized carbons (Fsp3) is 0.0800. The predicted octanol–water partition coefficient (Wildman–Crippen LogP) is 11.0. The molecular weight excluding hydrogens is 1050 g/mol. The number of carbonyl (C=O) groups is 1. The molecule has 8 rings (SSSR count). The van der Waals surface area contributed by atoms with Crippen LogP contribution in [0.25, 0.3) is 21.5 Å². The maximum absolute atomic E-state index is 13.3. The number of fused-ring (bicyclic) bond motifs is 2. The van der Waals surface area contributed by atoms with Crippen LogP contribution in [0.4, 0.5) is 34.1 Å². The van der Waals surface area contributed by atoms with Crippen molar-refractivity contribution in [3.63, 3.8) is 0 Å². The second-order valence-corrected chi connectivity index (χ2v) is 19.1. The molecule has 368 valence electrons. The standard InChI is InChI=1S/2C25H20ClN3O6S.Ca/c2*1-14-10-18(36(32,33)34)13-21(22(14)26)28-29-23-19-9-4-3-6-15(19)11-20(24(23)30)25(31)27-16-7-5-8-17(12-16)35-2;/h2*3-13,30H,1-2H3,(H,27,31)(H,32,33,34);/q;;+2/p-2. The molecule has 0 aromatic heterocycles. The van der Waals surface area contributed by atoms with Crippen molar-refractivity contribution in [3.8, 4) is 23.0 Å². The predicted molar refractivity (Wildman–Crippen MR) is 275 cm³/mol. The molecule has 0 aliphatic heterocycles. The summed E-state index contributed by atoms with van der Waals surface area (Å²) in [5, 5.41) is 58.5. The number of amides is 1. The summed E-state index contributed by atoms with van der Waals surface area (Å²) in [5.74, 6) is -1.48. The van der Waals surface area contributed by atoms with Gasteiger partial charge in [-0.05, 0) is 108 Å². The number of rotatable bonds is 12. The van der Waals surface area contributed by atoms with Gasteiger partial charge < -0.3 is 30.1 Å². The number of methoxy groups -OCH3 is 2. The van der Waals surface area contributed by atoms with Crippen LogP contribution in [0.15, 0.2) is 169 Å². The fourth-order valence-corrected chi connectivity index (χ4v) is 8.47. The third-order valence-electron chi connectivity index (χ3n) is 10.6. The molecule has 0 aliphatic carbocycles. The Bertz CT molecular complexity index is 3790. The molecule has 0 bridgehead atoms. The van der Waals surface area contributed by atoms with E-state index in [0.29, 0.717) is 55.5 Å². The van der Waals surface area contributed by atoms with E-state index in [4.69, 9.17) is 32.7 Å². The Morgan fingerprint density at radius 3 is 1.63 bits per heavy atom. The van der Waals surface area contributed by atoms with Crippen molar-refractivity contribution in [2.45, 2.75) is 23.6 Å². The van der Waals surface area contributed by atoms with Gasteiger partial charge in [-0.25, -0.2) is 0 Å². The molecule has 0 spiro atoms. The van der Waals surface area contributed by atoms with Gasteiger partial charge in [0.15, 0.2) is 5.75 Å². The van der Waals surface area contributed by atoms with Gasteiger partial charge in [-0.3, -0.25) is 18.9 Å². The topological polar surface area (TPSA) is 284 Å². The molecule has 4 N–H and O–H groups in total. The Labute approximate surface area is 457 Å². The number of ether oxygens (including phenoxy) is 2. The van der Waals surface area contributed by atoms with Crippen molar-refractivity contribution in [3.05, 3.63) is 166 Å². The number of halogens is 2. The quantitative estimate of drug-likeness (QED) is 0.0292. The van der Waals surface area contributed by atoms with Crippen LogP contribution in [0.5, 0.6) is 23.0 Å². The molecule has 0 saturated heterocycles. The Morgan fingerprint density at radius 1 is 0.616 bits per heavy atom. The summed E-state index contributed by atoms with van der Waals surface area (Å²) in [4.78, 5) is 16.3. The normalized spacial score (nSPS) is 11.9. The van der Waals surface area contributed by atoms with E-state index >= 15 is 0 Å². The van der Waals surface area contributed by atoms with Crippen LogP contribution in [0.3, 0.4) is 0 Å². The van der Waals surface area contributed by atoms with Gasteiger partial charge in [-0.1, -0.05) is 89.6 Å². The number of carbonyl (C=O) groups excluding carboxylic acids is 1. The monoisotopic (exact) mass is 1090 g/mol. The number of azo groups is 2. The van der Waals surface area contributed by atoms with Crippen LogP contribution >= 0.6 is 23.2 Å².